The summed E-state index contributed by atoms with van der Waals surface area (Å²) >= 11 is 0. The van der Waals surface area contributed by atoms with E-state index in [1.807, 2.05) is 23.6 Å². The van der Waals surface area contributed by atoms with Crippen molar-refractivity contribution in [2.75, 3.05) is 13.2 Å². The van der Waals surface area contributed by atoms with E-state index in [1.54, 1.807) is 6.26 Å². The third-order valence-corrected chi connectivity index (χ3v) is 7.49. The molecule has 2 aromatic rings. The van der Waals surface area contributed by atoms with E-state index in [2.05, 4.69) is 21.3 Å². The molecule has 1 amide bonds. The second-order valence-electron chi connectivity index (χ2n) is 9.39. The maximum Gasteiger partial charge on any atom is 0.258 e. The Morgan fingerprint density at radius 2 is 2.21 bits per heavy atom. The predicted molar refractivity (Wildman–Crippen MR) is 123 cm³/mol. The van der Waals surface area contributed by atoms with Crippen molar-refractivity contribution >= 4 is 11.5 Å². The SMILES string of the molecule is CCCNC(=O)[C@@H]1[C@@H](CO)[C@@H]2Cn3c(ccc(C4=CCCCC4)c3=O)[C@H]1N2Cc1cocn1. The van der Waals surface area contributed by atoms with Gasteiger partial charge < -0.3 is 19.4 Å². The molecule has 33 heavy (non-hydrogen) atoms. The fourth-order valence-corrected chi connectivity index (χ4v) is 5.94. The molecule has 8 nitrogen and oxygen atoms in total. The lowest BCUT2D eigenvalue weighted by atomic mass is 9.86. The van der Waals surface area contributed by atoms with Gasteiger partial charge in [0.25, 0.3) is 5.56 Å². The van der Waals surface area contributed by atoms with Gasteiger partial charge >= 0.3 is 0 Å². The lowest BCUT2D eigenvalue weighted by Gasteiger charge is -2.38. The van der Waals surface area contributed by atoms with Crippen LogP contribution in [0.3, 0.4) is 0 Å². The molecular formula is C25H32N4O4. The number of rotatable bonds is 7. The van der Waals surface area contributed by atoms with Crippen molar-refractivity contribution in [2.24, 2.45) is 11.8 Å². The largest absolute Gasteiger partial charge is 0.451 e. The van der Waals surface area contributed by atoms with Gasteiger partial charge in [-0.3, -0.25) is 14.5 Å². The Hall–Kier alpha value is -2.71. The molecular weight excluding hydrogens is 420 g/mol. The molecule has 0 aromatic carbocycles. The smallest absolute Gasteiger partial charge is 0.258 e. The lowest BCUT2D eigenvalue weighted by Crippen LogP contribution is -2.46. The molecule has 8 heteroatoms. The molecule has 2 N–H and O–H groups in total. The minimum absolute atomic E-state index is 0.0167. The normalized spacial score (nSPS) is 26.7. The van der Waals surface area contributed by atoms with Crippen LogP contribution in [0.4, 0.5) is 0 Å². The second-order valence-corrected chi connectivity index (χ2v) is 9.39. The molecule has 0 unspecified atom stereocenters. The summed E-state index contributed by atoms with van der Waals surface area (Å²) < 4.78 is 7.03. The number of amides is 1. The second kappa shape index (κ2) is 9.27. The number of hydrogen-bond donors (Lipinski definition) is 2. The van der Waals surface area contributed by atoms with Gasteiger partial charge in [0.05, 0.1) is 17.7 Å². The number of oxazole rings is 1. The van der Waals surface area contributed by atoms with Crippen LogP contribution in [0.5, 0.6) is 0 Å². The van der Waals surface area contributed by atoms with Gasteiger partial charge in [0.15, 0.2) is 6.39 Å². The molecule has 0 radical (unpaired) electrons. The summed E-state index contributed by atoms with van der Waals surface area (Å²) in [6, 6.07) is 3.50. The lowest BCUT2D eigenvalue weighted by molar-refractivity contribution is -0.127. The predicted octanol–water partition coefficient (Wildman–Crippen LogP) is 2.48. The quantitative estimate of drug-likeness (QED) is 0.670. The average molecular weight is 453 g/mol. The van der Waals surface area contributed by atoms with Crippen molar-refractivity contribution < 1.29 is 14.3 Å². The van der Waals surface area contributed by atoms with Crippen molar-refractivity contribution in [1.82, 2.24) is 19.8 Å². The van der Waals surface area contributed by atoms with E-state index >= 15 is 0 Å². The highest BCUT2D eigenvalue weighted by Crippen LogP contribution is 2.49. The van der Waals surface area contributed by atoms with E-state index in [4.69, 9.17) is 4.42 Å². The number of allylic oxidation sites excluding steroid dienone is 2. The first-order valence-electron chi connectivity index (χ1n) is 12.1. The number of pyridine rings is 1. The molecule has 0 spiro atoms. The molecule has 2 aliphatic heterocycles. The van der Waals surface area contributed by atoms with Crippen molar-refractivity contribution in [1.29, 1.82) is 0 Å². The Bertz CT molecular complexity index is 1090. The van der Waals surface area contributed by atoms with E-state index in [-0.39, 0.29) is 36.1 Å². The van der Waals surface area contributed by atoms with E-state index in [1.165, 1.54) is 12.8 Å². The van der Waals surface area contributed by atoms with Crippen molar-refractivity contribution in [3.8, 4) is 0 Å². The first-order valence-corrected chi connectivity index (χ1v) is 12.1. The Morgan fingerprint density at radius 1 is 1.33 bits per heavy atom. The maximum absolute atomic E-state index is 13.6. The van der Waals surface area contributed by atoms with Gasteiger partial charge in [-0.05, 0) is 49.8 Å². The van der Waals surface area contributed by atoms with Crippen molar-refractivity contribution in [3.63, 3.8) is 0 Å². The Labute approximate surface area is 193 Å². The van der Waals surface area contributed by atoms with Gasteiger partial charge in [-0.1, -0.05) is 13.0 Å². The number of nitrogens with zero attached hydrogens (tertiary/aromatic N) is 3. The third kappa shape index (κ3) is 3.85. The van der Waals surface area contributed by atoms with Crippen LogP contribution < -0.4 is 10.9 Å². The summed E-state index contributed by atoms with van der Waals surface area (Å²) in [6.45, 7) is 3.45. The molecule has 2 bridgehead atoms. The van der Waals surface area contributed by atoms with Crippen LogP contribution in [0, 0.1) is 11.8 Å². The Balaban J connectivity index is 1.58. The van der Waals surface area contributed by atoms with Gasteiger partial charge in [0.1, 0.15) is 6.26 Å². The Morgan fingerprint density at radius 3 is 2.91 bits per heavy atom. The van der Waals surface area contributed by atoms with E-state index in [0.29, 0.717) is 19.6 Å². The monoisotopic (exact) mass is 452 g/mol. The fourth-order valence-electron chi connectivity index (χ4n) is 5.94. The molecule has 2 aromatic heterocycles. The highest BCUT2D eigenvalue weighted by Gasteiger charge is 2.55. The van der Waals surface area contributed by atoms with Crippen LogP contribution in [0.1, 0.15) is 62.0 Å². The number of carbonyl (C=O) groups excluding carboxylic acids is 1. The molecule has 5 rings (SSSR count). The maximum atomic E-state index is 13.6. The topological polar surface area (TPSA) is 101 Å². The standard InChI is InChI=1S/C25H32N4O4/c1-2-10-26-24(31)22-19(13-30)21-12-29-20(23(22)28(21)11-17-14-33-15-27-17)9-8-18(25(29)32)16-6-4-3-5-7-16/h6,8-9,14-15,19,21-23,30H,2-5,7,10-13H2,1H3,(H,26,31)/t19-,21-,22+,23+/m0/s1. The molecule has 4 heterocycles. The molecule has 176 valence electrons. The highest BCUT2D eigenvalue weighted by molar-refractivity contribution is 5.80. The van der Waals surface area contributed by atoms with Gasteiger partial charge in [0, 0.05) is 49.5 Å². The number of aliphatic hydroxyl groups is 1. The number of aromatic nitrogens is 2. The summed E-state index contributed by atoms with van der Waals surface area (Å²) in [4.78, 5) is 33.4. The van der Waals surface area contributed by atoms with E-state index in [9.17, 15) is 14.7 Å². The number of fused-ring (bicyclic) bond motifs is 4. The average Bonchev–Trinajstić information content (AvgIpc) is 3.42. The van der Waals surface area contributed by atoms with Crippen LogP contribution in [-0.2, 0) is 17.9 Å². The third-order valence-electron chi connectivity index (χ3n) is 7.49. The van der Waals surface area contributed by atoms with E-state index < -0.39 is 5.92 Å². The minimum atomic E-state index is -0.439. The van der Waals surface area contributed by atoms with Crippen molar-refractivity contribution in [2.45, 2.75) is 64.2 Å². The highest BCUT2D eigenvalue weighted by atomic mass is 16.3. The molecule has 1 fully saturated rings. The zero-order chi connectivity index (χ0) is 22.9. The summed E-state index contributed by atoms with van der Waals surface area (Å²) in [5, 5.41) is 13.4. The van der Waals surface area contributed by atoms with Gasteiger partial charge in [-0.25, -0.2) is 4.98 Å². The van der Waals surface area contributed by atoms with Crippen molar-refractivity contribution in [3.05, 3.63) is 58.2 Å². The summed E-state index contributed by atoms with van der Waals surface area (Å²) in [5.74, 6) is -0.768. The van der Waals surface area contributed by atoms with Gasteiger partial charge in [-0.15, -0.1) is 0 Å². The first kappa shape index (κ1) is 22.1. The molecule has 1 aliphatic carbocycles. The van der Waals surface area contributed by atoms with Crippen LogP contribution in [-0.4, -0.2) is 44.7 Å². The summed E-state index contributed by atoms with van der Waals surface area (Å²) in [5.41, 5.74) is 3.54. The Kier molecular flexibility index (Phi) is 6.21. The van der Waals surface area contributed by atoms with Crippen LogP contribution in [0.25, 0.3) is 5.57 Å². The van der Waals surface area contributed by atoms with Crippen LogP contribution >= 0.6 is 0 Å². The molecule has 1 saturated heterocycles. The zero-order valence-electron chi connectivity index (χ0n) is 19.1. The van der Waals surface area contributed by atoms with Crippen LogP contribution in [0.15, 0.2) is 40.1 Å². The zero-order valence-corrected chi connectivity index (χ0v) is 19.1. The summed E-state index contributed by atoms with van der Waals surface area (Å²) in [6.07, 6.45) is 10.3. The first-order chi connectivity index (χ1) is 16.1. The number of aliphatic hydroxyl groups excluding tert-OH is 1. The van der Waals surface area contributed by atoms with E-state index in [0.717, 1.165) is 48.2 Å². The number of nitrogens with one attached hydrogen (secondary N) is 1. The molecule has 0 saturated carbocycles. The molecule has 3 aliphatic rings. The number of hydrogen-bond acceptors (Lipinski definition) is 6. The summed E-state index contributed by atoms with van der Waals surface area (Å²) in [7, 11) is 0. The van der Waals surface area contributed by atoms with Gasteiger partial charge in [0.2, 0.25) is 5.91 Å². The number of carbonyl (C=O) groups is 1. The fraction of sp³-hybridized carbons (Fsp3) is 0.560. The van der Waals surface area contributed by atoms with Crippen LogP contribution in [0.2, 0.25) is 0 Å². The van der Waals surface area contributed by atoms with Gasteiger partial charge in [-0.2, -0.15) is 0 Å². The molecule has 4 atom stereocenters. The minimum Gasteiger partial charge on any atom is -0.451 e.